The van der Waals surface area contributed by atoms with Crippen LogP contribution < -0.4 is 9.46 Å². The van der Waals surface area contributed by atoms with E-state index in [0.717, 1.165) is 10.8 Å². The molecule has 0 heterocycles. The topological polar surface area (TPSA) is 55.4 Å². The zero-order chi connectivity index (χ0) is 17.7. The molecule has 0 atom stereocenters. The summed E-state index contributed by atoms with van der Waals surface area (Å²) in [4.78, 5) is 0. The third-order valence-electron chi connectivity index (χ3n) is 3.66. The van der Waals surface area contributed by atoms with Gasteiger partial charge in [-0.15, -0.1) is 0 Å². The molecule has 0 radical (unpaired) electrons. The van der Waals surface area contributed by atoms with Gasteiger partial charge in [-0.2, -0.15) is 0 Å². The second-order valence-corrected chi connectivity index (χ2v) is 7.88. The predicted molar refractivity (Wildman–Crippen MR) is 102 cm³/mol. The third-order valence-corrected chi connectivity index (χ3v) is 5.25. The van der Waals surface area contributed by atoms with Gasteiger partial charge in [0.1, 0.15) is 12.4 Å². The number of fused-ring (bicyclic) bond motifs is 1. The lowest BCUT2D eigenvalue weighted by molar-refractivity contribution is 0.323. The van der Waals surface area contributed by atoms with Crippen LogP contribution in [0.5, 0.6) is 5.75 Å². The molecule has 3 rings (SSSR count). The fourth-order valence-electron chi connectivity index (χ4n) is 2.52. The summed E-state index contributed by atoms with van der Waals surface area (Å²) >= 11 is 5.87. The van der Waals surface area contributed by atoms with Crippen LogP contribution in [-0.4, -0.2) is 21.6 Å². The normalized spacial score (nSPS) is 11.6. The summed E-state index contributed by atoms with van der Waals surface area (Å²) in [6.45, 7) is 0.461. The number of halogens is 1. The zero-order valence-corrected chi connectivity index (χ0v) is 15.1. The number of benzene rings is 3. The van der Waals surface area contributed by atoms with Gasteiger partial charge >= 0.3 is 0 Å². The summed E-state index contributed by atoms with van der Waals surface area (Å²) in [5, 5.41) is 2.74. The van der Waals surface area contributed by atoms with Crippen molar-refractivity contribution in [1.29, 1.82) is 0 Å². The SMILES string of the molecule is O=S(=O)(Cc1cccc(Cl)c1)NCCOc1ccc2ccccc2c1. The standard InChI is InChI=1S/C19H18ClNO3S/c20-18-7-3-4-15(12-18)14-25(22,23)21-10-11-24-19-9-8-16-5-1-2-6-17(16)13-19/h1-9,12-13,21H,10-11,14H2. The van der Waals surface area contributed by atoms with Gasteiger partial charge in [0.15, 0.2) is 0 Å². The van der Waals surface area contributed by atoms with Crippen molar-refractivity contribution < 1.29 is 13.2 Å². The highest BCUT2D eigenvalue weighted by Gasteiger charge is 2.11. The van der Waals surface area contributed by atoms with Crippen molar-refractivity contribution >= 4 is 32.4 Å². The third kappa shape index (κ3) is 5.19. The summed E-state index contributed by atoms with van der Waals surface area (Å²) in [5.41, 5.74) is 0.649. The number of rotatable bonds is 7. The molecule has 0 aliphatic heterocycles. The van der Waals surface area contributed by atoms with Crippen molar-refractivity contribution in [2.75, 3.05) is 13.2 Å². The number of ether oxygens (including phenoxy) is 1. The van der Waals surface area contributed by atoms with Crippen LogP contribution in [0.4, 0.5) is 0 Å². The fraction of sp³-hybridized carbons (Fsp3) is 0.158. The van der Waals surface area contributed by atoms with Gasteiger partial charge in [0, 0.05) is 11.6 Å². The lowest BCUT2D eigenvalue weighted by Crippen LogP contribution is -2.29. The highest BCUT2D eigenvalue weighted by molar-refractivity contribution is 7.88. The Morgan fingerprint density at radius 1 is 0.920 bits per heavy atom. The van der Waals surface area contributed by atoms with Crippen molar-refractivity contribution in [3.63, 3.8) is 0 Å². The number of hydrogen-bond donors (Lipinski definition) is 1. The lowest BCUT2D eigenvalue weighted by atomic mass is 10.1. The summed E-state index contributed by atoms with van der Waals surface area (Å²) in [6, 6.07) is 20.6. The molecule has 0 aliphatic carbocycles. The Morgan fingerprint density at radius 2 is 1.72 bits per heavy atom. The van der Waals surface area contributed by atoms with Gasteiger partial charge in [0.05, 0.1) is 5.75 Å². The second kappa shape index (κ2) is 7.87. The molecule has 0 fully saturated rings. The molecular formula is C19H18ClNO3S. The Labute approximate surface area is 152 Å². The molecule has 0 saturated carbocycles. The molecule has 3 aromatic rings. The average molecular weight is 376 g/mol. The van der Waals surface area contributed by atoms with Crippen LogP contribution in [0.25, 0.3) is 10.8 Å². The highest BCUT2D eigenvalue weighted by Crippen LogP contribution is 2.20. The minimum absolute atomic E-state index is 0.108. The van der Waals surface area contributed by atoms with Crippen molar-refractivity contribution in [3.8, 4) is 5.75 Å². The Hall–Kier alpha value is -2.08. The van der Waals surface area contributed by atoms with E-state index in [9.17, 15) is 8.42 Å². The van der Waals surface area contributed by atoms with Gasteiger partial charge in [-0.3, -0.25) is 0 Å². The van der Waals surface area contributed by atoms with E-state index in [1.54, 1.807) is 24.3 Å². The molecular weight excluding hydrogens is 358 g/mol. The molecule has 1 N–H and O–H groups in total. The molecule has 25 heavy (non-hydrogen) atoms. The molecule has 6 heteroatoms. The van der Waals surface area contributed by atoms with Gasteiger partial charge in [-0.1, -0.05) is 54.1 Å². The second-order valence-electron chi connectivity index (χ2n) is 5.64. The maximum Gasteiger partial charge on any atom is 0.215 e. The van der Waals surface area contributed by atoms with Gasteiger partial charge < -0.3 is 4.74 Å². The van der Waals surface area contributed by atoms with E-state index in [0.29, 0.717) is 16.3 Å². The molecule has 130 valence electrons. The summed E-state index contributed by atoms with van der Waals surface area (Å²) < 4.78 is 32.3. The molecule has 3 aromatic carbocycles. The first-order chi connectivity index (χ1) is 12.0. The van der Waals surface area contributed by atoms with Crippen molar-refractivity contribution in [2.24, 2.45) is 0 Å². The van der Waals surface area contributed by atoms with Gasteiger partial charge in [-0.25, -0.2) is 13.1 Å². The van der Waals surface area contributed by atoms with Crippen molar-refractivity contribution in [2.45, 2.75) is 5.75 Å². The van der Waals surface area contributed by atoms with E-state index in [4.69, 9.17) is 16.3 Å². The quantitative estimate of drug-likeness (QED) is 0.635. The molecule has 0 aliphatic rings. The van der Waals surface area contributed by atoms with Crippen LogP contribution in [0.15, 0.2) is 66.7 Å². The maximum atomic E-state index is 12.1. The Morgan fingerprint density at radius 3 is 2.52 bits per heavy atom. The van der Waals surface area contributed by atoms with Gasteiger partial charge in [0.2, 0.25) is 10.0 Å². The van der Waals surface area contributed by atoms with E-state index >= 15 is 0 Å². The van der Waals surface area contributed by atoms with E-state index < -0.39 is 10.0 Å². The first-order valence-corrected chi connectivity index (χ1v) is 9.88. The fourth-order valence-corrected chi connectivity index (χ4v) is 3.85. The van der Waals surface area contributed by atoms with E-state index in [1.165, 1.54) is 0 Å². The minimum atomic E-state index is -3.43. The number of nitrogens with one attached hydrogen (secondary N) is 1. The molecule has 0 aromatic heterocycles. The molecule has 0 amide bonds. The summed E-state index contributed by atoms with van der Waals surface area (Å²) in [5.74, 6) is 0.608. The lowest BCUT2D eigenvalue weighted by Gasteiger charge is -2.09. The smallest absolute Gasteiger partial charge is 0.215 e. The van der Waals surface area contributed by atoms with E-state index in [2.05, 4.69) is 4.72 Å². The zero-order valence-electron chi connectivity index (χ0n) is 13.5. The molecule has 0 saturated heterocycles. The van der Waals surface area contributed by atoms with Crippen LogP contribution in [0.1, 0.15) is 5.56 Å². The molecule has 0 bridgehead atoms. The monoisotopic (exact) mass is 375 g/mol. The van der Waals surface area contributed by atoms with Crippen molar-refractivity contribution in [1.82, 2.24) is 4.72 Å². The Balaban J connectivity index is 1.51. The predicted octanol–water partition coefficient (Wildman–Crippen LogP) is 3.99. The first kappa shape index (κ1) is 17.7. The summed E-state index contributed by atoms with van der Waals surface area (Å²) in [6.07, 6.45) is 0. The maximum absolute atomic E-state index is 12.1. The minimum Gasteiger partial charge on any atom is -0.492 e. The van der Waals surface area contributed by atoms with E-state index in [-0.39, 0.29) is 18.9 Å². The average Bonchev–Trinajstić information content (AvgIpc) is 2.58. The highest BCUT2D eigenvalue weighted by atomic mass is 35.5. The van der Waals surface area contributed by atoms with E-state index in [1.807, 2.05) is 42.5 Å². The molecule has 4 nitrogen and oxygen atoms in total. The molecule has 0 unspecified atom stereocenters. The van der Waals surface area contributed by atoms with Gasteiger partial charge in [-0.05, 0) is 40.6 Å². The number of hydrogen-bond acceptors (Lipinski definition) is 3. The first-order valence-electron chi connectivity index (χ1n) is 7.85. The van der Waals surface area contributed by atoms with Crippen LogP contribution in [0.3, 0.4) is 0 Å². The summed E-state index contributed by atoms with van der Waals surface area (Å²) in [7, 11) is -3.43. The Kier molecular flexibility index (Phi) is 5.58. The van der Waals surface area contributed by atoms with Crippen LogP contribution >= 0.6 is 11.6 Å². The molecule has 0 spiro atoms. The largest absolute Gasteiger partial charge is 0.492 e. The van der Waals surface area contributed by atoms with Crippen LogP contribution in [0.2, 0.25) is 5.02 Å². The number of sulfonamides is 1. The van der Waals surface area contributed by atoms with Crippen molar-refractivity contribution in [3.05, 3.63) is 77.3 Å². The van der Waals surface area contributed by atoms with Crippen LogP contribution in [-0.2, 0) is 15.8 Å². The van der Waals surface area contributed by atoms with Crippen LogP contribution in [0, 0.1) is 0 Å². The Bertz CT molecular complexity index is 973. The van der Waals surface area contributed by atoms with Gasteiger partial charge in [0.25, 0.3) is 0 Å².